The van der Waals surface area contributed by atoms with E-state index in [1.165, 1.54) is 0 Å². The molecule has 0 rings (SSSR count). The summed E-state index contributed by atoms with van der Waals surface area (Å²) < 4.78 is 0. The van der Waals surface area contributed by atoms with Gasteiger partial charge < -0.3 is 4.90 Å². The third-order valence-corrected chi connectivity index (χ3v) is 1.64. The van der Waals surface area contributed by atoms with Crippen LogP contribution in [0.2, 0.25) is 0 Å². The lowest BCUT2D eigenvalue weighted by Crippen LogP contribution is -2.27. The van der Waals surface area contributed by atoms with Crippen molar-refractivity contribution in [3.05, 3.63) is 0 Å². The minimum atomic E-state index is 0.238. The second-order valence-corrected chi connectivity index (χ2v) is 3.60. The average Bonchev–Trinajstić information content (AvgIpc) is 1.84. The highest BCUT2D eigenvalue weighted by molar-refractivity contribution is 5.77. The zero-order chi connectivity index (χ0) is 9.56. The summed E-state index contributed by atoms with van der Waals surface area (Å²) in [4.78, 5) is 14.9. The van der Waals surface area contributed by atoms with Crippen LogP contribution in [0.15, 0.2) is 0 Å². The number of hydrogen-bond donors (Lipinski definition) is 0. The van der Waals surface area contributed by atoms with Crippen molar-refractivity contribution in [2.45, 2.75) is 13.3 Å². The molecule has 3 nitrogen and oxygen atoms in total. The van der Waals surface area contributed by atoms with Gasteiger partial charge in [-0.3, -0.25) is 9.69 Å². The van der Waals surface area contributed by atoms with Gasteiger partial charge in [-0.25, -0.2) is 0 Å². The van der Waals surface area contributed by atoms with Crippen molar-refractivity contribution in [1.29, 1.82) is 0 Å². The van der Waals surface area contributed by atoms with E-state index in [9.17, 15) is 4.79 Å². The van der Waals surface area contributed by atoms with Crippen LogP contribution in [0.1, 0.15) is 13.3 Å². The molecule has 0 aliphatic rings. The Balaban J connectivity index is 3.31. The number of Topliss-reactive ketones (excluding diaryl/α,β-unsaturated/α-hetero) is 1. The van der Waals surface area contributed by atoms with Crippen molar-refractivity contribution in [1.82, 2.24) is 9.80 Å². The van der Waals surface area contributed by atoms with Crippen molar-refractivity contribution in [3.8, 4) is 0 Å². The molecule has 0 aliphatic heterocycles. The number of nitrogens with zero attached hydrogens (tertiary/aromatic N) is 2. The molecule has 0 aromatic heterocycles. The van der Waals surface area contributed by atoms with E-state index in [0.29, 0.717) is 6.54 Å². The fourth-order valence-electron chi connectivity index (χ4n) is 1.12. The summed E-state index contributed by atoms with van der Waals surface area (Å²) in [7, 11) is 6.10. The third-order valence-electron chi connectivity index (χ3n) is 1.64. The summed E-state index contributed by atoms with van der Waals surface area (Å²) in [6.07, 6.45) is 1.12. The zero-order valence-electron chi connectivity index (χ0n) is 8.63. The van der Waals surface area contributed by atoms with E-state index in [0.717, 1.165) is 19.5 Å². The highest BCUT2D eigenvalue weighted by Crippen LogP contribution is 1.89. The molecule has 72 valence electrons. The molecular weight excluding hydrogens is 152 g/mol. The van der Waals surface area contributed by atoms with Gasteiger partial charge in [-0.1, -0.05) is 0 Å². The molecule has 12 heavy (non-hydrogen) atoms. The Hall–Kier alpha value is -0.410. The minimum Gasteiger partial charge on any atom is -0.309 e. The van der Waals surface area contributed by atoms with Crippen molar-refractivity contribution in [2.75, 3.05) is 40.8 Å². The molecule has 0 atom stereocenters. The van der Waals surface area contributed by atoms with Crippen molar-refractivity contribution >= 4 is 5.78 Å². The van der Waals surface area contributed by atoms with E-state index in [4.69, 9.17) is 0 Å². The highest BCUT2D eigenvalue weighted by atomic mass is 16.1. The second kappa shape index (κ2) is 6.14. The van der Waals surface area contributed by atoms with Gasteiger partial charge in [-0.2, -0.15) is 0 Å². The molecule has 0 saturated heterocycles. The van der Waals surface area contributed by atoms with E-state index in [-0.39, 0.29) is 5.78 Å². The quantitative estimate of drug-likeness (QED) is 0.581. The van der Waals surface area contributed by atoms with Gasteiger partial charge in [0.2, 0.25) is 0 Å². The Morgan fingerprint density at radius 3 is 2.17 bits per heavy atom. The summed E-state index contributed by atoms with van der Waals surface area (Å²) in [5.74, 6) is 0.238. The number of carbonyl (C=O) groups is 1. The molecule has 0 aromatic rings. The maximum atomic E-state index is 10.7. The third kappa shape index (κ3) is 7.69. The van der Waals surface area contributed by atoms with Crippen LogP contribution in [0.25, 0.3) is 0 Å². The molecule has 0 saturated carbocycles. The molecule has 0 bridgehead atoms. The molecule has 0 N–H and O–H groups in total. The van der Waals surface area contributed by atoms with Gasteiger partial charge in [0, 0.05) is 0 Å². The van der Waals surface area contributed by atoms with Gasteiger partial charge in [0.05, 0.1) is 6.54 Å². The number of likely N-dealkylation sites (N-methyl/N-ethyl adjacent to an activating group) is 1. The lowest BCUT2D eigenvalue weighted by molar-refractivity contribution is -0.117. The average molecular weight is 172 g/mol. The van der Waals surface area contributed by atoms with Gasteiger partial charge in [0.15, 0.2) is 0 Å². The fourth-order valence-corrected chi connectivity index (χ4v) is 1.12. The first-order valence-corrected chi connectivity index (χ1v) is 4.35. The molecule has 0 spiro atoms. The lowest BCUT2D eigenvalue weighted by atomic mass is 10.3. The van der Waals surface area contributed by atoms with Crippen molar-refractivity contribution in [2.24, 2.45) is 0 Å². The minimum absolute atomic E-state index is 0.238. The summed E-state index contributed by atoms with van der Waals surface area (Å²) >= 11 is 0. The Bertz CT molecular complexity index is 134. The van der Waals surface area contributed by atoms with E-state index >= 15 is 0 Å². The van der Waals surface area contributed by atoms with Crippen LogP contribution in [-0.2, 0) is 4.79 Å². The maximum absolute atomic E-state index is 10.7. The van der Waals surface area contributed by atoms with Crippen LogP contribution in [-0.4, -0.2) is 56.4 Å². The number of carbonyl (C=O) groups excluding carboxylic acids is 1. The van der Waals surface area contributed by atoms with E-state index in [1.54, 1.807) is 6.92 Å². The van der Waals surface area contributed by atoms with Crippen LogP contribution in [0.3, 0.4) is 0 Å². The molecule has 0 aromatic carbocycles. The first kappa shape index (κ1) is 11.6. The monoisotopic (exact) mass is 172 g/mol. The van der Waals surface area contributed by atoms with Gasteiger partial charge in [0.1, 0.15) is 5.78 Å². The number of ketones is 1. The Morgan fingerprint density at radius 1 is 1.17 bits per heavy atom. The largest absolute Gasteiger partial charge is 0.309 e. The number of hydrogen-bond acceptors (Lipinski definition) is 3. The van der Waals surface area contributed by atoms with Gasteiger partial charge in [-0.15, -0.1) is 0 Å². The molecule has 0 aliphatic carbocycles. The van der Waals surface area contributed by atoms with E-state index in [1.807, 2.05) is 7.05 Å². The smallest absolute Gasteiger partial charge is 0.143 e. The maximum Gasteiger partial charge on any atom is 0.143 e. The summed E-state index contributed by atoms with van der Waals surface area (Å²) in [6.45, 7) is 4.29. The second-order valence-electron chi connectivity index (χ2n) is 3.60. The lowest BCUT2D eigenvalue weighted by Gasteiger charge is -2.16. The summed E-state index contributed by atoms with van der Waals surface area (Å²) in [5.41, 5.74) is 0. The molecule has 0 unspecified atom stereocenters. The standard InChI is InChI=1S/C9H20N2O/c1-9(12)8-11(4)7-5-6-10(2)3/h5-8H2,1-4H3. The normalized spacial score (nSPS) is 11.2. The van der Waals surface area contributed by atoms with Crippen LogP contribution in [0.5, 0.6) is 0 Å². The molecule has 0 radical (unpaired) electrons. The van der Waals surface area contributed by atoms with Crippen LogP contribution in [0.4, 0.5) is 0 Å². The first-order valence-electron chi connectivity index (χ1n) is 4.35. The first-order chi connectivity index (χ1) is 5.52. The van der Waals surface area contributed by atoms with Gasteiger partial charge >= 0.3 is 0 Å². The molecular formula is C9H20N2O. The van der Waals surface area contributed by atoms with Crippen LogP contribution in [0, 0.1) is 0 Å². The van der Waals surface area contributed by atoms with E-state index in [2.05, 4.69) is 23.9 Å². The Morgan fingerprint density at radius 2 is 1.75 bits per heavy atom. The Kier molecular flexibility index (Phi) is 5.93. The zero-order valence-corrected chi connectivity index (χ0v) is 8.63. The predicted octanol–water partition coefficient (Wildman–Crippen LogP) is 0.459. The van der Waals surface area contributed by atoms with E-state index < -0.39 is 0 Å². The molecule has 0 fully saturated rings. The molecule has 3 heteroatoms. The van der Waals surface area contributed by atoms with Crippen LogP contribution >= 0.6 is 0 Å². The van der Waals surface area contributed by atoms with Gasteiger partial charge in [-0.05, 0) is 47.6 Å². The van der Waals surface area contributed by atoms with Crippen molar-refractivity contribution < 1.29 is 4.79 Å². The SMILES string of the molecule is CC(=O)CN(C)CCCN(C)C. The van der Waals surface area contributed by atoms with Crippen molar-refractivity contribution in [3.63, 3.8) is 0 Å². The van der Waals surface area contributed by atoms with Gasteiger partial charge in [0.25, 0.3) is 0 Å². The topological polar surface area (TPSA) is 23.6 Å². The predicted molar refractivity (Wildman–Crippen MR) is 51.3 cm³/mol. The molecule has 0 heterocycles. The Labute approximate surface area is 75.3 Å². The summed E-state index contributed by atoms with van der Waals surface area (Å²) in [6, 6.07) is 0. The summed E-state index contributed by atoms with van der Waals surface area (Å²) in [5, 5.41) is 0. The fraction of sp³-hybridized carbons (Fsp3) is 0.889. The number of rotatable bonds is 6. The highest BCUT2D eigenvalue weighted by Gasteiger charge is 2.00. The van der Waals surface area contributed by atoms with Crippen LogP contribution < -0.4 is 0 Å². The molecule has 0 amide bonds.